The molecule has 2 aromatic rings. The molecule has 0 saturated heterocycles. The van der Waals surface area contributed by atoms with Crippen molar-refractivity contribution in [3.8, 4) is 0 Å². The molecule has 0 saturated carbocycles. The molecule has 2 atom stereocenters. The molecule has 1 aliphatic carbocycles. The number of allylic oxidation sites excluding steroid dienone is 2. The highest BCUT2D eigenvalue weighted by molar-refractivity contribution is 5.69. The van der Waals surface area contributed by atoms with Crippen LogP contribution in [0.25, 0.3) is 0 Å². The summed E-state index contributed by atoms with van der Waals surface area (Å²) in [4.78, 5) is 0. The van der Waals surface area contributed by atoms with Crippen molar-refractivity contribution < 1.29 is 0 Å². The van der Waals surface area contributed by atoms with Gasteiger partial charge in [-0.15, -0.1) is 0 Å². The lowest BCUT2D eigenvalue weighted by molar-refractivity contribution is 0.495. The molecule has 32 heavy (non-hydrogen) atoms. The fraction of sp³-hybridized carbons (Fsp3) is 0.467. The summed E-state index contributed by atoms with van der Waals surface area (Å²) in [6.07, 6.45) is 4.79. The van der Waals surface area contributed by atoms with E-state index in [-0.39, 0.29) is 10.8 Å². The van der Waals surface area contributed by atoms with E-state index in [4.69, 9.17) is 0 Å². The Labute approximate surface area is 196 Å². The van der Waals surface area contributed by atoms with Gasteiger partial charge in [0.15, 0.2) is 0 Å². The summed E-state index contributed by atoms with van der Waals surface area (Å²) in [5, 5.41) is 7.39. The van der Waals surface area contributed by atoms with Gasteiger partial charge in [-0.1, -0.05) is 78.3 Å². The van der Waals surface area contributed by atoms with Crippen molar-refractivity contribution in [3.05, 3.63) is 76.4 Å². The largest absolute Gasteiger partial charge is 0.378 e. The van der Waals surface area contributed by atoms with E-state index < -0.39 is 0 Å². The molecule has 2 N–H and O–H groups in total. The van der Waals surface area contributed by atoms with Crippen LogP contribution in [-0.4, -0.2) is 6.04 Å². The molecule has 2 unspecified atom stereocenters. The van der Waals surface area contributed by atoms with Gasteiger partial charge in [0.2, 0.25) is 0 Å². The zero-order valence-electron chi connectivity index (χ0n) is 21.8. The standard InChI is InChI=1S/C30H42N2/c1-19-15-23(29(5,6)7)16-20(2)27(19)31-25-11-13-26(14-12-25)32-28-21(3)17-24(18-22(28)4)30(8,9)10/h11-19,27,31-32H,1-10H3. The summed E-state index contributed by atoms with van der Waals surface area (Å²) in [7, 11) is 0. The molecule has 172 valence electrons. The van der Waals surface area contributed by atoms with Crippen LogP contribution in [0.5, 0.6) is 0 Å². The van der Waals surface area contributed by atoms with Gasteiger partial charge < -0.3 is 10.6 Å². The average Bonchev–Trinajstić information content (AvgIpc) is 2.67. The lowest BCUT2D eigenvalue weighted by atomic mass is 9.77. The number of anilines is 3. The maximum absolute atomic E-state index is 3.75. The van der Waals surface area contributed by atoms with Crippen LogP contribution in [0.1, 0.15) is 72.1 Å². The maximum atomic E-state index is 3.75. The van der Waals surface area contributed by atoms with Gasteiger partial charge in [0.25, 0.3) is 0 Å². The SMILES string of the molecule is CC1=CC(C(C)(C)C)=CC(C)C1Nc1ccc(Nc2c(C)cc(C(C)(C)C)cc2C)cc1. The van der Waals surface area contributed by atoms with Crippen LogP contribution in [0.15, 0.2) is 59.7 Å². The van der Waals surface area contributed by atoms with Crippen molar-refractivity contribution in [1.82, 2.24) is 0 Å². The van der Waals surface area contributed by atoms with Gasteiger partial charge in [0.05, 0.1) is 6.04 Å². The Balaban J connectivity index is 1.73. The molecular formula is C30H42N2. The Kier molecular flexibility index (Phi) is 6.65. The van der Waals surface area contributed by atoms with Gasteiger partial charge in [-0.2, -0.15) is 0 Å². The predicted molar refractivity (Wildman–Crippen MR) is 142 cm³/mol. The van der Waals surface area contributed by atoms with Crippen molar-refractivity contribution in [2.24, 2.45) is 11.3 Å². The average molecular weight is 431 g/mol. The Bertz CT molecular complexity index is 1000. The van der Waals surface area contributed by atoms with Gasteiger partial charge in [-0.25, -0.2) is 0 Å². The highest BCUT2D eigenvalue weighted by Gasteiger charge is 2.26. The van der Waals surface area contributed by atoms with Crippen LogP contribution in [0.4, 0.5) is 17.1 Å². The van der Waals surface area contributed by atoms with Crippen molar-refractivity contribution >= 4 is 17.1 Å². The number of hydrogen-bond donors (Lipinski definition) is 2. The molecule has 0 radical (unpaired) electrons. The summed E-state index contributed by atoms with van der Waals surface area (Å²) in [5.41, 5.74) is 10.6. The minimum atomic E-state index is 0.160. The van der Waals surface area contributed by atoms with Crippen molar-refractivity contribution in [1.29, 1.82) is 0 Å². The zero-order valence-corrected chi connectivity index (χ0v) is 21.8. The summed E-state index contributed by atoms with van der Waals surface area (Å²) in [5.74, 6) is 0.457. The summed E-state index contributed by atoms with van der Waals surface area (Å²) in [6, 6.07) is 13.6. The minimum absolute atomic E-state index is 0.160. The van der Waals surface area contributed by atoms with Crippen LogP contribution in [0.2, 0.25) is 0 Å². The summed E-state index contributed by atoms with van der Waals surface area (Å²) in [6.45, 7) is 22.6. The third-order valence-electron chi connectivity index (χ3n) is 6.58. The summed E-state index contributed by atoms with van der Waals surface area (Å²) >= 11 is 0. The number of rotatable bonds is 4. The predicted octanol–water partition coefficient (Wildman–Crippen LogP) is 8.69. The molecule has 0 amide bonds. The first-order chi connectivity index (χ1) is 14.8. The number of aryl methyl sites for hydroxylation is 2. The normalized spacial score (nSPS) is 19.3. The molecule has 0 bridgehead atoms. The van der Waals surface area contributed by atoms with Gasteiger partial charge in [0.1, 0.15) is 0 Å². The highest BCUT2D eigenvalue weighted by Crippen LogP contribution is 2.35. The fourth-order valence-corrected chi connectivity index (χ4v) is 4.46. The molecule has 2 heteroatoms. The Morgan fingerprint density at radius 3 is 1.75 bits per heavy atom. The Morgan fingerprint density at radius 2 is 1.28 bits per heavy atom. The van der Waals surface area contributed by atoms with Gasteiger partial charge in [-0.3, -0.25) is 0 Å². The van der Waals surface area contributed by atoms with Crippen molar-refractivity contribution in [3.63, 3.8) is 0 Å². The number of benzene rings is 2. The van der Waals surface area contributed by atoms with E-state index in [1.165, 1.54) is 33.5 Å². The lowest BCUT2D eigenvalue weighted by Crippen LogP contribution is -2.31. The van der Waals surface area contributed by atoms with Crippen LogP contribution < -0.4 is 10.6 Å². The van der Waals surface area contributed by atoms with Crippen molar-refractivity contribution in [2.45, 2.75) is 80.7 Å². The molecule has 0 aromatic heterocycles. The minimum Gasteiger partial charge on any atom is -0.378 e. The molecule has 3 rings (SSSR count). The third-order valence-corrected chi connectivity index (χ3v) is 6.58. The third kappa shape index (κ3) is 5.46. The molecule has 2 nitrogen and oxygen atoms in total. The summed E-state index contributed by atoms with van der Waals surface area (Å²) < 4.78 is 0. The van der Waals surface area contributed by atoms with Gasteiger partial charge in [-0.05, 0) is 84.0 Å². The topological polar surface area (TPSA) is 24.1 Å². The molecule has 0 fully saturated rings. The molecule has 2 aromatic carbocycles. The van der Waals surface area contributed by atoms with Crippen LogP contribution in [0, 0.1) is 25.2 Å². The highest BCUT2D eigenvalue weighted by atomic mass is 14.9. The molecular weight excluding hydrogens is 388 g/mol. The Morgan fingerprint density at radius 1 is 0.750 bits per heavy atom. The van der Waals surface area contributed by atoms with E-state index in [2.05, 4.69) is 128 Å². The first kappa shape index (κ1) is 24.2. The zero-order chi connectivity index (χ0) is 23.8. The van der Waals surface area contributed by atoms with Crippen molar-refractivity contribution in [2.75, 3.05) is 10.6 Å². The molecule has 0 spiro atoms. The smallest absolute Gasteiger partial charge is 0.0534 e. The number of hydrogen-bond acceptors (Lipinski definition) is 2. The van der Waals surface area contributed by atoms with Gasteiger partial charge in [0, 0.05) is 17.1 Å². The van der Waals surface area contributed by atoms with Crippen LogP contribution in [-0.2, 0) is 5.41 Å². The van der Waals surface area contributed by atoms with E-state index in [0.717, 1.165) is 11.4 Å². The van der Waals surface area contributed by atoms with E-state index in [1.807, 2.05) is 0 Å². The van der Waals surface area contributed by atoms with Gasteiger partial charge >= 0.3 is 0 Å². The Hall–Kier alpha value is -2.48. The van der Waals surface area contributed by atoms with E-state index in [9.17, 15) is 0 Å². The molecule has 1 aliphatic rings. The van der Waals surface area contributed by atoms with Crippen LogP contribution >= 0.6 is 0 Å². The number of nitrogens with one attached hydrogen (secondary N) is 2. The fourth-order valence-electron chi connectivity index (χ4n) is 4.46. The monoisotopic (exact) mass is 430 g/mol. The molecule has 0 heterocycles. The first-order valence-corrected chi connectivity index (χ1v) is 11.9. The molecule has 0 aliphatic heterocycles. The lowest BCUT2D eigenvalue weighted by Gasteiger charge is -2.33. The van der Waals surface area contributed by atoms with E-state index in [1.54, 1.807) is 0 Å². The quantitative estimate of drug-likeness (QED) is 0.507. The second kappa shape index (κ2) is 8.81. The second-order valence-corrected chi connectivity index (χ2v) is 11.7. The van der Waals surface area contributed by atoms with Crippen LogP contribution in [0.3, 0.4) is 0 Å². The second-order valence-electron chi connectivity index (χ2n) is 11.7. The maximum Gasteiger partial charge on any atom is 0.0534 e. The van der Waals surface area contributed by atoms with E-state index >= 15 is 0 Å². The van der Waals surface area contributed by atoms with E-state index in [0.29, 0.717) is 12.0 Å². The first-order valence-electron chi connectivity index (χ1n) is 11.9.